The van der Waals surface area contributed by atoms with Crippen LogP contribution in [-0.4, -0.2) is 242 Å². The topological polar surface area (TPSA) is 242 Å². The van der Waals surface area contributed by atoms with Gasteiger partial charge in [0.05, 0.1) is 75.6 Å². The average molecular weight is 2140 g/mol. The van der Waals surface area contributed by atoms with Crippen molar-refractivity contribution in [3.63, 3.8) is 0 Å². The molecular weight excluding hydrogens is 2030 g/mol. The molecule has 13 heterocycles. The number of aromatic nitrogens is 4. The van der Waals surface area contributed by atoms with Crippen molar-refractivity contribution in [2.75, 3.05) is 52.9 Å². The molecule has 8 fully saturated rings. The van der Waals surface area contributed by atoms with E-state index in [1.807, 2.05) is 0 Å². The van der Waals surface area contributed by atoms with Gasteiger partial charge in [0.1, 0.15) is 73.2 Å². The molecule has 24 nitrogen and oxygen atoms in total. The Hall–Kier alpha value is -9.00. The second kappa shape index (κ2) is 37.4. The van der Waals surface area contributed by atoms with Crippen LogP contribution in [0.5, 0.6) is 0 Å². The van der Waals surface area contributed by atoms with Crippen LogP contribution in [0.1, 0.15) is 156 Å². The zero-order valence-electron chi connectivity index (χ0n) is 81.6. The van der Waals surface area contributed by atoms with E-state index in [0.29, 0.717) is 48.5 Å². The Morgan fingerprint density at radius 1 is 0.223 bits per heavy atom. The fourth-order valence-corrected chi connectivity index (χ4v) is 20.1. The minimum absolute atomic E-state index is 0.303. The largest absolute Gasteiger partial charge is 0.430 e. The van der Waals surface area contributed by atoms with Gasteiger partial charge in [-0.05, 0) is 182 Å². The highest BCUT2D eigenvalue weighted by molar-refractivity contribution is 6.00. The van der Waals surface area contributed by atoms with E-state index < -0.39 is 289 Å². The summed E-state index contributed by atoms with van der Waals surface area (Å²) in [6.07, 6.45) is -70.2. The number of hydrogen-bond acceptors (Lipinski definition) is 22. The molecule has 0 amide bonds. The average Bonchev–Trinajstić information content (AvgIpc) is 1.23. The zero-order chi connectivity index (χ0) is 108. The molecular formula is C100H102F24N4O20. The molecule has 3 aromatic heterocycles. The van der Waals surface area contributed by atoms with Crippen LogP contribution in [0, 0.1) is 0 Å². The molecule has 10 aliphatic heterocycles. The molecule has 0 spiro atoms. The SMILES string of the molecule is CC1(C)OCC(C(OC(c2ccc(-c3c4nc(c(-c5ccc(C(OC(C6COC(C)(C)O6)C6COC(C)(C)O6)(C(F)(F)F)C(F)(F)F)cc5)c5ccc([nH]5)c(-c5ccc(C(OC(C6COC(C)(C)O6)C6COC(C)(C)O6)(C(F)(F)F)C(F)(F)F)cc5)c5nc(c(-c6ccc(C(OC(C7COC(C)(C)O7)C7COC(C)(C)O7)(C(F)(F)F)C(F)(F)F)cc6)c6ccc3[nH]6)C=C5)C=C4)cc2)(C(F)(F)F)C(F)(F)F)C2COC(C)(C)O2)O1. The predicted octanol–water partition coefficient (Wildman–Crippen LogP) is 23.4. The van der Waals surface area contributed by atoms with Gasteiger partial charge in [-0.1, -0.05) is 97.1 Å². The molecule has 7 aromatic rings. The highest BCUT2D eigenvalue weighted by Gasteiger charge is 2.80. The van der Waals surface area contributed by atoms with Crippen molar-refractivity contribution < 1.29 is 200 Å². The van der Waals surface area contributed by atoms with Gasteiger partial charge in [-0.25, -0.2) is 9.97 Å². The summed E-state index contributed by atoms with van der Waals surface area (Å²) in [5, 5.41) is 0. The molecule has 8 unspecified atom stereocenters. The number of alkyl halides is 24. The third-order valence-electron chi connectivity index (χ3n) is 26.7. The van der Waals surface area contributed by atoms with Crippen LogP contribution in [0.3, 0.4) is 0 Å². The monoisotopic (exact) mass is 2130 g/mol. The summed E-state index contributed by atoms with van der Waals surface area (Å²) in [6, 6.07) is 14.0. The normalized spacial score (nSPS) is 25.6. The molecule has 4 aromatic carbocycles. The van der Waals surface area contributed by atoms with Crippen LogP contribution >= 0.6 is 0 Å². The van der Waals surface area contributed by atoms with Gasteiger partial charge in [0, 0.05) is 66.6 Å². The summed E-state index contributed by atoms with van der Waals surface area (Å²) in [7, 11) is 0. The van der Waals surface area contributed by atoms with Gasteiger partial charge in [-0.2, -0.15) is 105 Å². The van der Waals surface area contributed by atoms with E-state index in [0.717, 1.165) is 48.5 Å². The number of hydrogen-bond donors (Lipinski definition) is 2. The standard InChI is InChI=1S/C100H102F24N4O20/c1-81(2)129-41-65(137-81)77(66-42-130-82(3,4)138-66)145-89(93(101,102)103,94(104,105)106)53-25-17-49(18-26-53)73-57-33-35-59(125-57)74(50-19-27-54(28-20-50)90(95(107,108)109,96(110,111)112)146-78(67-43-131-83(5,6)139-67)68-44-132-84(7,8)140-68)61-37-39-63(127-61)76(52-23-31-56(32-24-52)92(99(119,120)121,100(122,123)124)148-80(71-47-135-87(13,14)143-71)72-48-136-88(15,16)144-72)64-40-38-62(128-64)75(60-36-34-58(73)126-60)51-21-29-55(30-22-51)91(97(113,114)115,98(116,117)118)147-79(69-45-133-85(9,10)141-69)70-46-134-86(11,12)142-70/h17-40,65-72,77-80,125,128H,41-48H2,1-16H3. The number of nitrogens with zero attached hydrogens (tertiary/aromatic N) is 2. The van der Waals surface area contributed by atoms with Gasteiger partial charge in [0.15, 0.2) is 46.3 Å². The number of aromatic amines is 2. The van der Waals surface area contributed by atoms with Gasteiger partial charge in [-0.3, -0.25) is 0 Å². The molecule has 0 radical (unpaired) electrons. The summed E-state index contributed by atoms with van der Waals surface area (Å²) in [5.74, 6) is -13.0. The Kier molecular flexibility index (Phi) is 27.9. The van der Waals surface area contributed by atoms with Gasteiger partial charge >= 0.3 is 49.4 Å². The Morgan fingerprint density at radius 2 is 0.358 bits per heavy atom. The maximum Gasteiger partial charge on any atom is 0.430 e. The van der Waals surface area contributed by atoms with Crippen molar-refractivity contribution in [2.45, 2.75) is 302 Å². The van der Waals surface area contributed by atoms with E-state index in [1.54, 1.807) is 0 Å². The maximum absolute atomic E-state index is 16.5. The summed E-state index contributed by atoms with van der Waals surface area (Å²) >= 11 is 0. The summed E-state index contributed by atoms with van der Waals surface area (Å²) in [5.41, 5.74) is -33.6. The molecule has 8 bridgehead atoms. The minimum Gasteiger partial charge on any atom is -0.354 e. The van der Waals surface area contributed by atoms with Crippen molar-refractivity contribution in [3.8, 4) is 44.5 Å². The maximum atomic E-state index is 16.5. The lowest BCUT2D eigenvalue weighted by molar-refractivity contribution is -0.408. The van der Waals surface area contributed by atoms with Crippen LogP contribution in [-0.2, 0) is 117 Å². The van der Waals surface area contributed by atoms with Crippen molar-refractivity contribution in [2.24, 2.45) is 0 Å². The number of nitrogens with one attached hydrogen (secondary N) is 2. The fraction of sp³-hybridized carbons (Fsp3) is 0.560. The fourth-order valence-electron chi connectivity index (χ4n) is 20.1. The third-order valence-corrected chi connectivity index (χ3v) is 26.7. The number of ether oxygens (including phenoxy) is 20. The van der Waals surface area contributed by atoms with Crippen LogP contribution in [0.25, 0.3) is 90.9 Å². The van der Waals surface area contributed by atoms with Crippen LogP contribution in [0.15, 0.2) is 121 Å². The summed E-state index contributed by atoms with van der Waals surface area (Å²) in [4.78, 5) is 16.0. The lowest BCUT2D eigenvalue weighted by Gasteiger charge is -2.42. The first-order chi connectivity index (χ1) is 68.1. The van der Waals surface area contributed by atoms with Crippen molar-refractivity contribution in [1.29, 1.82) is 0 Å². The van der Waals surface area contributed by atoms with Crippen molar-refractivity contribution >= 4 is 46.4 Å². The molecule has 17 rings (SSSR count). The first-order valence-corrected chi connectivity index (χ1v) is 46.5. The Morgan fingerprint density at radius 3 is 0.473 bits per heavy atom. The number of fused-ring (bicyclic) bond motifs is 8. The highest BCUT2D eigenvalue weighted by Crippen LogP contribution is 2.62. The van der Waals surface area contributed by atoms with Crippen LogP contribution in [0.4, 0.5) is 105 Å². The van der Waals surface area contributed by atoms with E-state index in [9.17, 15) is 0 Å². The second-order valence-electron chi connectivity index (χ2n) is 40.8. The molecule has 10 aliphatic rings. The lowest BCUT2D eigenvalue weighted by atomic mass is 9.89. The summed E-state index contributed by atoms with van der Waals surface area (Å²) in [6.45, 7) is 16.0. The Balaban J connectivity index is 0.922. The molecule has 8 atom stereocenters. The lowest BCUT2D eigenvalue weighted by Crippen LogP contribution is -2.60. The van der Waals surface area contributed by atoms with Gasteiger partial charge in [0.2, 0.25) is 0 Å². The van der Waals surface area contributed by atoms with Crippen LogP contribution in [0.2, 0.25) is 0 Å². The van der Waals surface area contributed by atoms with Gasteiger partial charge in [-0.15, -0.1) is 0 Å². The van der Waals surface area contributed by atoms with Crippen molar-refractivity contribution in [3.05, 3.63) is 166 Å². The number of halogens is 24. The number of benzene rings is 4. The molecule has 148 heavy (non-hydrogen) atoms. The summed E-state index contributed by atoms with van der Waals surface area (Å²) < 4.78 is 510. The molecule has 810 valence electrons. The van der Waals surface area contributed by atoms with E-state index in [2.05, 4.69) is 9.97 Å². The third kappa shape index (κ3) is 20.6. The molecule has 2 N–H and O–H groups in total. The van der Waals surface area contributed by atoms with Gasteiger partial charge in [0.25, 0.3) is 22.4 Å². The number of H-pyrrole nitrogens is 2. The first kappa shape index (κ1) is 110. The van der Waals surface area contributed by atoms with E-state index >= 15 is 105 Å². The Labute approximate surface area is 829 Å². The number of rotatable bonds is 24. The first-order valence-electron chi connectivity index (χ1n) is 46.5. The molecule has 48 heteroatoms. The predicted molar refractivity (Wildman–Crippen MR) is 474 cm³/mol. The van der Waals surface area contributed by atoms with Crippen molar-refractivity contribution in [1.82, 2.24) is 19.9 Å². The van der Waals surface area contributed by atoms with Crippen LogP contribution < -0.4 is 0 Å². The quantitative estimate of drug-likeness (QED) is 0.0534. The second-order valence-corrected chi connectivity index (χ2v) is 40.8. The smallest absolute Gasteiger partial charge is 0.354 e. The van der Waals surface area contributed by atoms with Gasteiger partial charge < -0.3 is 105 Å². The highest BCUT2D eigenvalue weighted by atomic mass is 19.4. The molecule has 0 saturated carbocycles. The Bertz CT molecular complexity index is 5400. The zero-order valence-corrected chi connectivity index (χ0v) is 81.6. The van der Waals surface area contributed by atoms with E-state index in [1.165, 1.54) is 159 Å². The minimum atomic E-state index is -6.47. The molecule has 8 saturated heterocycles. The molecule has 0 aliphatic carbocycles. The van der Waals surface area contributed by atoms with E-state index in [4.69, 9.17) is 105 Å². The van der Waals surface area contributed by atoms with E-state index in [-0.39, 0.29) is 66.6 Å².